The van der Waals surface area contributed by atoms with E-state index in [1.807, 2.05) is 45.0 Å². The number of hydrogen-bond donors (Lipinski definition) is 1. The van der Waals surface area contributed by atoms with Gasteiger partial charge in [0.15, 0.2) is 0 Å². The lowest BCUT2D eigenvalue weighted by atomic mass is 9.98. The minimum Gasteiger partial charge on any atom is -0.494 e. The van der Waals surface area contributed by atoms with E-state index in [4.69, 9.17) is 0 Å². The number of anilines is 1. The molecule has 1 amide bonds. The number of amides is 1. The van der Waals surface area contributed by atoms with Crippen LogP contribution in [0.2, 0.25) is 0 Å². The molecule has 2 saturated carbocycles. The van der Waals surface area contributed by atoms with E-state index in [-0.39, 0.29) is 40.9 Å². The number of carbonyl (C=O) groups excluding carboxylic acids is 1. The van der Waals surface area contributed by atoms with Crippen LogP contribution in [0.3, 0.4) is 0 Å². The highest BCUT2D eigenvalue weighted by molar-refractivity contribution is 6.33. The second kappa shape index (κ2) is 9.56. The number of hydrogen-bond acceptors (Lipinski definition) is 5. The molecule has 1 N–H and O–H groups in total. The second-order valence-corrected chi connectivity index (χ2v) is 10.5. The molecule has 8 nitrogen and oxygen atoms in total. The van der Waals surface area contributed by atoms with Gasteiger partial charge in [-0.3, -0.25) is 18.7 Å². The van der Waals surface area contributed by atoms with Crippen molar-refractivity contribution in [3.8, 4) is 5.88 Å². The van der Waals surface area contributed by atoms with Crippen molar-refractivity contribution in [3.05, 3.63) is 61.8 Å². The van der Waals surface area contributed by atoms with Crippen molar-refractivity contribution in [2.75, 3.05) is 5.01 Å². The SMILES string of the molecule is Cc1ccccc1N1N=C(C(C)C)/C(=C/c2c(O)n(C3CCCC3)c(=O)n(C3CCCC3)c2=O)C1=O. The molecule has 2 aromatic rings. The van der Waals surface area contributed by atoms with E-state index in [0.29, 0.717) is 11.4 Å². The van der Waals surface area contributed by atoms with Crippen molar-refractivity contribution in [3.63, 3.8) is 0 Å². The van der Waals surface area contributed by atoms with Crippen molar-refractivity contribution in [2.45, 2.75) is 84.2 Å². The third-order valence-electron chi connectivity index (χ3n) is 7.80. The summed E-state index contributed by atoms with van der Waals surface area (Å²) >= 11 is 0. The molecule has 36 heavy (non-hydrogen) atoms. The molecule has 8 heteroatoms. The van der Waals surface area contributed by atoms with Gasteiger partial charge in [-0.2, -0.15) is 10.1 Å². The number of benzene rings is 1. The fourth-order valence-corrected chi connectivity index (χ4v) is 5.85. The molecule has 0 radical (unpaired) electrons. The van der Waals surface area contributed by atoms with Crippen LogP contribution in [0.5, 0.6) is 5.88 Å². The molecule has 1 aliphatic heterocycles. The number of nitrogens with zero attached hydrogens (tertiary/aromatic N) is 4. The van der Waals surface area contributed by atoms with Crippen LogP contribution in [-0.4, -0.2) is 25.9 Å². The Morgan fingerprint density at radius 3 is 2.11 bits per heavy atom. The van der Waals surface area contributed by atoms with E-state index in [1.54, 1.807) is 0 Å². The summed E-state index contributed by atoms with van der Waals surface area (Å²) in [5.74, 6) is -0.782. The molecule has 2 fully saturated rings. The van der Waals surface area contributed by atoms with E-state index >= 15 is 0 Å². The number of aromatic nitrogens is 2. The zero-order valence-electron chi connectivity index (χ0n) is 21.2. The first kappa shape index (κ1) is 24.3. The summed E-state index contributed by atoms with van der Waals surface area (Å²) in [6, 6.07) is 7.17. The fourth-order valence-electron chi connectivity index (χ4n) is 5.85. The Labute approximate surface area is 210 Å². The quantitative estimate of drug-likeness (QED) is 0.615. The first-order valence-corrected chi connectivity index (χ1v) is 13.1. The molecule has 190 valence electrons. The largest absolute Gasteiger partial charge is 0.494 e. The normalized spacial score (nSPS) is 20.3. The monoisotopic (exact) mass is 490 g/mol. The minimum atomic E-state index is -0.531. The average molecular weight is 491 g/mol. The van der Waals surface area contributed by atoms with Crippen LogP contribution < -0.4 is 16.3 Å². The number of aryl methyl sites for hydroxylation is 1. The Balaban J connectivity index is 1.70. The molecule has 5 rings (SSSR count). The van der Waals surface area contributed by atoms with E-state index in [9.17, 15) is 19.5 Å². The van der Waals surface area contributed by atoms with E-state index in [0.717, 1.165) is 56.9 Å². The molecule has 2 heterocycles. The molecule has 0 saturated heterocycles. The lowest BCUT2D eigenvalue weighted by molar-refractivity contribution is -0.114. The topological polar surface area (TPSA) is 96.9 Å². The van der Waals surface area contributed by atoms with Gasteiger partial charge in [0.05, 0.1) is 17.0 Å². The number of aromatic hydroxyl groups is 1. The van der Waals surface area contributed by atoms with Gasteiger partial charge >= 0.3 is 5.69 Å². The number of rotatable bonds is 5. The fraction of sp³-hybridized carbons (Fsp3) is 0.500. The Hall–Kier alpha value is -3.42. The Morgan fingerprint density at radius 2 is 1.53 bits per heavy atom. The first-order valence-electron chi connectivity index (χ1n) is 13.1. The van der Waals surface area contributed by atoms with Crippen molar-refractivity contribution < 1.29 is 9.90 Å². The Bertz CT molecular complexity index is 1370. The molecular formula is C28H34N4O4. The summed E-state index contributed by atoms with van der Waals surface area (Å²) in [4.78, 5) is 40.9. The zero-order chi connectivity index (χ0) is 25.6. The molecule has 0 spiro atoms. The maximum atomic E-state index is 13.7. The van der Waals surface area contributed by atoms with Gasteiger partial charge in [-0.1, -0.05) is 57.7 Å². The van der Waals surface area contributed by atoms with Crippen LogP contribution >= 0.6 is 0 Å². The lowest BCUT2D eigenvalue weighted by Crippen LogP contribution is -2.43. The van der Waals surface area contributed by atoms with Crippen LogP contribution in [0.15, 0.2) is 44.5 Å². The Kier molecular flexibility index (Phi) is 6.45. The van der Waals surface area contributed by atoms with Gasteiger partial charge in [0, 0.05) is 12.1 Å². The number of carbonyl (C=O) groups is 1. The molecule has 0 atom stereocenters. The standard InChI is InChI=1S/C28H34N4O4/c1-17(2)24-21(27(35)32(29-24)23-15-9-4-10-18(23)3)16-22-25(33)30(19-11-5-6-12-19)28(36)31(26(22)34)20-13-7-8-14-20/h4,9-10,15-17,19-20,33H,5-8,11-14H2,1-3H3/b21-16-. The van der Waals surface area contributed by atoms with Crippen LogP contribution in [0.1, 0.15) is 88.4 Å². The molecule has 2 aliphatic carbocycles. The summed E-state index contributed by atoms with van der Waals surface area (Å²) < 4.78 is 2.74. The van der Waals surface area contributed by atoms with Gasteiger partial charge in [-0.25, -0.2) is 4.79 Å². The molecule has 1 aromatic heterocycles. The summed E-state index contributed by atoms with van der Waals surface area (Å²) in [6.07, 6.45) is 8.44. The van der Waals surface area contributed by atoms with Crippen molar-refractivity contribution in [1.82, 2.24) is 9.13 Å². The maximum absolute atomic E-state index is 13.7. The van der Waals surface area contributed by atoms with Crippen LogP contribution in [0, 0.1) is 12.8 Å². The summed E-state index contributed by atoms with van der Waals surface area (Å²) in [6.45, 7) is 5.80. The van der Waals surface area contributed by atoms with Gasteiger partial charge in [0.25, 0.3) is 11.5 Å². The average Bonchev–Trinajstić information content (AvgIpc) is 3.60. The van der Waals surface area contributed by atoms with Gasteiger partial charge < -0.3 is 5.11 Å². The van der Waals surface area contributed by atoms with Gasteiger partial charge in [-0.15, -0.1) is 0 Å². The number of hydrazone groups is 1. The van der Waals surface area contributed by atoms with Crippen molar-refractivity contribution in [1.29, 1.82) is 0 Å². The zero-order valence-corrected chi connectivity index (χ0v) is 21.2. The van der Waals surface area contributed by atoms with Crippen LogP contribution in [0.4, 0.5) is 5.69 Å². The molecular weight excluding hydrogens is 456 g/mol. The minimum absolute atomic E-state index is 0.00302. The highest BCUT2D eigenvalue weighted by Gasteiger charge is 2.35. The van der Waals surface area contributed by atoms with Crippen molar-refractivity contribution in [2.24, 2.45) is 11.0 Å². The molecule has 0 bridgehead atoms. The predicted molar refractivity (Wildman–Crippen MR) is 141 cm³/mol. The molecule has 3 aliphatic rings. The Morgan fingerprint density at radius 1 is 0.944 bits per heavy atom. The van der Waals surface area contributed by atoms with E-state index < -0.39 is 11.2 Å². The molecule has 0 unspecified atom stereocenters. The van der Waals surface area contributed by atoms with Crippen LogP contribution in [0.25, 0.3) is 6.08 Å². The number of para-hydroxylation sites is 1. The second-order valence-electron chi connectivity index (χ2n) is 10.5. The predicted octanol–water partition coefficient (Wildman–Crippen LogP) is 4.70. The van der Waals surface area contributed by atoms with E-state index in [1.165, 1.54) is 20.2 Å². The van der Waals surface area contributed by atoms with E-state index in [2.05, 4.69) is 5.10 Å². The maximum Gasteiger partial charge on any atom is 0.334 e. The smallest absolute Gasteiger partial charge is 0.334 e. The third-order valence-corrected chi connectivity index (χ3v) is 7.80. The third kappa shape index (κ3) is 4.02. The summed E-state index contributed by atoms with van der Waals surface area (Å²) in [7, 11) is 0. The van der Waals surface area contributed by atoms with Gasteiger partial charge in [-0.05, 0) is 56.2 Å². The first-order chi connectivity index (χ1) is 17.3. The highest BCUT2D eigenvalue weighted by atomic mass is 16.3. The highest BCUT2D eigenvalue weighted by Crippen LogP contribution is 2.35. The molecule has 1 aromatic carbocycles. The summed E-state index contributed by atoms with van der Waals surface area (Å²) in [5, 5.41) is 17.3. The van der Waals surface area contributed by atoms with Gasteiger partial charge in [0.2, 0.25) is 5.88 Å². The lowest BCUT2D eigenvalue weighted by Gasteiger charge is -2.22. The van der Waals surface area contributed by atoms with Crippen LogP contribution in [-0.2, 0) is 4.79 Å². The van der Waals surface area contributed by atoms with Crippen molar-refractivity contribution >= 4 is 23.4 Å². The van der Waals surface area contributed by atoms with Gasteiger partial charge in [0.1, 0.15) is 5.56 Å². The summed E-state index contributed by atoms with van der Waals surface area (Å²) in [5.41, 5.74) is 1.43.